The van der Waals surface area contributed by atoms with Crippen LogP contribution in [0.2, 0.25) is 0 Å². The molecular weight excluding hydrogens is 174 g/mol. The number of carbonyl (C=O) groups excluding carboxylic acids is 1. The van der Waals surface area contributed by atoms with Crippen LogP contribution in [0.25, 0.3) is 0 Å². The maximum atomic E-state index is 12.5. The zero-order valence-corrected chi connectivity index (χ0v) is 8.15. The van der Waals surface area contributed by atoms with E-state index in [-0.39, 0.29) is 0 Å². The minimum absolute atomic E-state index is 0.321. The maximum Gasteiger partial charge on any atom is 0.243 e. The fourth-order valence-corrected chi connectivity index (χ4v) is 1.95. The minimum Gasteiger partial charge on any atom is -0.303 e. The van der Waals surface area contributed by atoms with Crippen LogP contribution in [-0.2, 0) is 4.79 Å². The van der Waals surface area contributed by atoms with Gasteiger partial charge in [0.1, 0.15) is 6.29 Å². The van der Waals surface area contributed by atoms with Gasteiger partial charge in [-0.05, 0) is 19.3 Å². The van der Waals surface area contributed by atoms with Crippen LogP contribution in [0.4, 0.5) is 8.78 Å². The normalized spacial score (nSPS) is 21.3. The van der Waals surface area contributed by atoms with Gasteiger partial charge in [0, 0.05) is 10.8 Å². The van der Waals surface area contributed by atoms with Crippen molar-refractivity contribution in [3.63, 3.8) is 0 Å². The van der Waals surface area contributed by atoms with E-state index in [0.717, 1.165) is 25.5 Å². The van der Waals surface area contributed by atoms with Gasteiger partial charge in [0.15, 0.2) is 0 Å². The zero-order chi connectivity index (χ0) is 10.1. The Bertz CT molecular complexity index is 195. The van der Waals surface area contributed by atoms with Gasteiger partial charge in [-0.15, -0.1) is 0 Å². The smallest absolute Gasteiger partial charge is 0.243 e. The lowest BCUT2D eigenvalue weighted by molar-refractivity contribution is -0.125. The van der Waals surface area contributed by atoms with E-state index in [9.17, 15) is 13.6 Å². The molecule has 1 aliphatic rings. The van der Waals surface area contributed by atoms with Crippen LogP contribution in [-0.4, -0.2) is 12.7 Å². The molecule has 0 bridgehead atoms. The highest BCUT2D eigenvalue weighted by atomic mass is 19.3. The molecule has 0 aromatic carbocycles. The van der Waals surface area contributed by atoms with E-state index in [0.29, 0.717) is 6.42 Å². The molecule has 0 unspecified atom stereocenters. The molecule has 0 radical (unpaired) electrons. The highest BCUT2D eigenvalue weighted by Crippen LogP contribution is 2.48. The number of hydrogen-bond acceptors (Lipinski definition) is 1. The first-order valence-corrected chi connectivity index (χ1v) is 4.66. The SMILES string of the molecule is CC(C)(CC1(C=O)CCC1)C(F)F. The molecule has 0 amide bonds. The van der Waals surface area contributed by atoms with Gasteiger partial charge in [0.05, 0.1) is 0 Å². The summed E-state index contributed by atoms with van der Waals surface area (Å²) in [6, 6.07) is 0. The predicted molar refractivity (Wildman–Crippen MR) is 46.8 cm³/mol. The van der Waals surface area contributed by atoms with Gasteiger partial charge in [-0.25, -0.2) is 8.78 Å². The number of rotatable bonds is 4. The van der Waals surface area contributed by atoms with Crippen molar-refractivity contribution in [3.05, 3.63) is 0 Å². The molecule has 76 valence electrons. The summed E-state index contributed by atoms with van der Waals surface area (Å²) < 4.78 is 25.0. The number of alkyl halides is 2. The Hall–Kier alpha value is -0.470. The molecule has 0 atom stereocenters. The Kier molecular flexibility index (Phi) is 2.74. The first-order chi connectivity index (χ1) is 5.92. The average molecular weight is 190 g/mol. The van der Waals surface area contributed by atoms with Crippen molar-refractivity contribution in [1.82, 2.24) is 0 Å². The number of hydrogen-bond donors (Lipinski definition) is 0. The van der Waals surface area contributed by atoms with Gasteiger partial charge in [0.2, 0.25) is 6.43 Å². The lowest BCUT2D eigenvalue weighted by Gasteiger charge is -2.42. The summed E-state index contributed by atoms with van der Waals surface area (Å²) in [6.45, 7) is 3.06. The standard InChI is InChI=1S/C10H16F2O/c1-9(2,8(11)12)6-10(7-13)4-3-5-10/h7-8H,3-6H2,1-2H3. The van der Waals surface area contributed by atoms with Crippen molar-refractivity contribution in [1.29, 1.82) is 0 Å². The number of halogens is 2. The lowest BCUT2D eigenvalue weighted by Crippen LogP contribution is -2.38. The third-order valence-corrected chi connectivity index (χ3v) is 3.00. The Morgan fingerprint density at radius 3 is 2.23 bits per heavy atom. The van der Waals surface area contributed by atoms with E-state index >= 15 is 0 Å². The van der Waals surface area contributed by atoms with Gasteiger partial charge in [0.25, 0.3) is 0 Å². The summed E-state index contributed by atoms with van der Waals surface area (Å²) in [5.41, 5.74) is -1.46. The van der Waals surface area contributed by atoms with Gasteiger partial charge >= 0.3 is 0 Å². The Morgan fingerprint density at radius 1 is 1.46 bits per heavy atom. The quantitative estimate of drug-likeness (QED) is 0.623. The molecule has 1 saturated carbocycles. The molecule has 0 heterocycles. The molecule has 0 saturated heterocycles. The van der Waals surface area contributed by atoms with Crippen molar-refractivity contribution >= 4 is 6.29 Å². The van der Waals surface area contributed by atoms with Crippen molar-refractivity contribution in [2.24, 2.45) is 10.8 Å². The van der Waals surface area contributed by atoms with Gasteiger partial charge < -0.3 is 4.79 Å². The molecule has 3 heteroatoms. The molecule has 0 aliphatic heterocycles. The Morgan fingerprint density at radius 2 is 2.00 bits per heavy atom. The maximum absolute atomic E-state index is 12.5. The first-order valence-electron chi connectivity index (χ1n) is 4.66. The summed E-state index contributed by atoms with van der Waals surface area (Å²) in [6.07, 6.45) is 1.42. The Balaban J connectivity index is 2.60. The molecular formula is C10H16F2O. The monoisotopic (exact) mass is 190 g/mol. The number of aldehydes is 1. The van der Waals surface area contributed by atoms with Crippen LogP contribution in [0.3, 0.4) is 0 Å². The predicted octanol–water partition coefficient (Wildman–Crippen LogP) is 3.04. The highest BCUT2D eigenvalue weighted by Gasteiger charge is 2.44. The molecule has 1 fully saturated rings. The summed E-state index contributed by atoms with van der Waals surface area (Å²) in [4.78, 5) is 10.8. The van der Waals surface area contributed by atoms with Gasteiger partial charge in [-0.3, -0.25) is 0 Å². The summed E-state index contributed by atoms with van der Waals surface area (Å²) in [5, 5.41) is 0. The second-order valence-corrected chi connectivity index (χ2v) is 4.80. The van der Waals surface area contributed by atoms with Crippen LogP contribution < -0.4 is 0 Å². The summed E-state index contributed by atoms with van der Waals surface area (Å²) >= 11 is 0. The third-order valence-electron chi connectivity index (χ3n) is 3.00. The average Bonchev–Trinajstić information content (AvgIpc) is 1.96. The molecule has 0 spiro atoms. The summed E-state index contributed by atoms with van der Waals surface area (Å²) in [5.74, 6) is 0. The minimum atomic E-state index is -2.34. The molecule has 1 rings (SSSR count). The third kappa shape index (κ3) is 2.06. The summed E-state index contributed by atoms with van der Waals surface area (Å²) in [7, 11) is 0. The van der Waals surface area contributed by atoms with Crippen LogP contribution >= 0.6 is 0 Å². The van der Waals surface area contributed by atoms with Crippen molar-refractivity contribution in [2.75, 3.05) is 0 Å². The van der Waals surface area contributed by atoms with Crippen LogP contribution in [0.15, 0.2) is 0 Å². The van der Waals surface area contributed by atoms with E-state index in [4.69, 9.17) is 0 Å². The molecule has 0 aromatic rings. The van der Waals surface area contributed by atoms with Gasteiger partial charge in [-0.2, -0.15) is 0 Å². The lowest BCUT2D eigenvalue weighted by atomic mass is 9.62. The molecule has 0 N–H and O–H groups in total. The molecule has 1 aliphatic carbocycles. The van der Waals surface area contributed by atoms with Crippen LogP contribution in [0.5, 0.6) is 0 Å². The largest absolute Gasteiger partial charge is 0.303 e. The topological polar surface area (TPSA) is 17.1 Å². The van der Waals surface area contributed by atoms with E-state index in [1.54, 1.807) is 0 Å². The molecule has 0 aromatic heterocycles. The fourth-order valence-electron chi connectivity index (χ4n) is 1.95. The molecule has 13 heavy (non-hydrogen) atoms. The van der Waals surface area contributed by atoms with Crippen molar-refractivity contribution in [2.45, 2.75) is 46.0 Å². The van der Waals surface area contributed by atoms with E-state index in [1.807, 2.05) is 0 Å². The second kappa shape index (κ2) is 3.35. The van der Waals surface area contributed by atoms with Crippen molar-refractivity contribution < 1.29 is 13.6 Å². The van der Waals surface area contributed by atoms with E-state index in [1.165, 1.54) is 13.8 Å². The van der Waals surface area contributed by atoms with Crippen LogP contribution in [0, 0.1) is 10.8 Å². The fraction of sp³-hybridized carbons (Fsp3) is 0.900. The van der Waals surface area contributed by atoms with E-state index in [2.05, 4.69) is 0 Å². The number of carbonyl (C=O) groups is 1. The van der Waals surface area contributed by atoms with Crippen molar-refractivity contribution in [3.8, 4) is 0 Å². The highest BCUT2D eigenvalue weighted by molar-refractivity contribution is 5.61. The van der Waals surface area contributed by atoms with E-state index < -0.39 is 17.3 Å². The van der Waals surface area contributed by atoms with Crippen LogP contribution in [0.1, 0.15) is 39.5 Å². The second-order valence-electron chi connectivity index (χ2n) is 4.80. The van der Waals surface area contributed by atoms with Gasteiger partial charge in [-0.1, -0.05) is 20.3 Å². The Labute approximate surface area is 77.5 Å². The molecule has 1 nitrogen and oxygen atoms in total. The zero-order valence-electron chi connectivity index (χ0n) is 8.15. The first kappa shape index (κ1) is 10.6.